The molecule has 7 heteroatoms. The SMILES string of the molecule is Cc1ccccc1NC(=O)CCCNS(=O)(=O)c1ccc(F)cc1. The van der Waals surface area contributed by atoms with E-state index in [4.69, 9.17) is 0 Å². The van der Waals surface area contributed by atoms with Crippen LogP contribution in [0.5, 0.6) is 0 Å². The molecule has 0 aliphatic rings. The number of aryl methyl sites for hydroxylation is 1. The van der Waals surface area contributed by atoms with E-state index in [-0.39, 0.29) is 23.8 Å². The third-order valence-electron chi connectivity index (χ3n) is 3.42. The molecule has 0 unspecified atom stereocenters. The van der Waals surface area contributed by atoms with Crippen LogP contribution < -0.4 is 10.0 Å². The third-order valence-corrected chi connectivity index (χ3v) is 4.89. The van der Waals surface area contributed by atoms with E-state index in [0.717, 1.165) is 23.4 Å². The number of para-hydroxylation sites is 1. The lowest BCUT2D eigenvalue weighted by molar-refractivity contribution is -0.116. The van der Waals surface area contributed by atoms with Crippen LogP contribution >= 0.6 is 0 Å². The van der Waals surface area contributed by atoms with Crippen LogP contribution in [0.1, 0.15) is 18.4 Å². The molecule has 0 saturated carbocycles. The van der Waals surface area contributed by atoms with E-state index in [9.17, 15) is 17.6 Å². The molecule has 0 aliphatic heterocycles. The summed E-state index contributed by atoms with van der Waals surface area (Å²) < 4.78 is 39.2. The highest BCUT2D eigenvalue weighted by Crippen LogP contribution is 2.13. The first-order chi connectivity index (χ1) is 11.4. The lowest BCUT2D eigenvalue weighted by Crippen LogP contribution is -2.25. The van der Waals surface area contributed by atoms with Crippen LogP contribution in [0.25, 0.3) is 0 Å². The van der Waals surface area contributed by atoms with Crippen molar-refractivity contribution in [3.8, 4) is 0 Å². The molecular formula is C17H19FN2O3S. The van der Waals surface area contributed by atoms with Crippen LogP contribution in [0.2, 0.25) is 0 Å². The summed E-state index contributed by atoms with van der Waals surface area (Å²) in [7, 11) is -3.69. The summed E-state index contributed by atoms with van der Waals surface area (Å²) in [4.78, 5) is 11.9. The molecular weight excluding hydrogens is 331 g/mol. The van der Waals surface area contributed by atoms with Crippen LogP contribution in [0.15, 0.2) is 53.4 Å². The Balaban J connectivity index is 1.79. The minimum absolute atomic E-state index is 0.00624. The highest BCUT2D eigenvalue weighted by molar-refractivity contribution is 7.89. The second-order valence-electron chi connectivity index (χ2n) is 5.32. The number of hydrogen-bond donors (Lipinski definition) is 2. The van der Waals surface area contributed by atoms with Gasteiger partial charge in [-0.3, -0.25) is 4.79 Å². The Morgan fingerprint density at radius 3 is 2.42 bits per heavy atom. The Kier molecular flexibility index (Phi) is 6.05. The minimum atomic E-state index is -3.69. The highest BCUT2D eigenvalue weighted by atomic mass is 32.2. The zero-order chi connectivity index (χ0) is 17.6. The van der Waals surface area contributed by atoms with Gasteiger partial charge in [-0.1, -0.05) is 18.2 Å². The summed E-state index contributed by atoms with van der Waals surface area (Å²) in [5, 5.41) is 2.79. The monoisotopic (exact) mass is 350 g/mol. The number of benzene rings is 2. The van der Waals surface area contributed by atoms with Crippen molar-refractivity contribution < 1.29 is 17.6 Å². The molecule has 2 aromatic carbocycles. The molecule has 5 nitrogen and oxygen atoms in total. The lowest BCUT2D eigenvalue weighted by Gasteiger charge is -2.09. The number of nitrogens with one attached hydrogen (secondary N) is 2. The summed E-state index contributed by atoms with van der Waals surface area (Å²) >= 11 is 0. The molecule has 24 heavy (non-hydrogen) atoms. The van der Waals surface area contributed by atoms with Gasteiger partial charge in [0, 0.05) is 18.7 Å². The van der Waals surface area contributed by atoms with Crippen molar-refractivity contribution in [1.29, 1.82) is 0 Å². The first-order valence-corrected chi connectivity index (χ1v) is 8.97. The van der Waals surface area contributed by atoms with E-state index in [1.165, 1.54) is 12.1 Å². The second-order valence-corrected chi connectivity index (χ2v) is 7.09. The fourth-order valence-electron chi connectivity index (χ4n) is 2.08. The highest BCUT2D eigenvalue weighted by Gasteiger charge is 2.13. The first kappa shape index (κ1) is 18.1. The number of sulfonamides is 1. The fourth-order valence-corrected chi connectivity index (χ4v) is 3.15. The predicted octanol–water partition coefficient (Wildman–Crippen LogP) is 2.83. The minimum Gasteiger partial charge on any atom is -0.326 e. The first-order valence-electron chi connectivity index (χ1n) is 7.49. The van der Waals surface area contributed by atoms with Gasteiger partial charge in [0.1, 0.15) is 5.82 Å². The fraction of sp³-hybridized carbons (Fsp3) is 0.235. The van der Waals surface area contributed by atoms with Gasteiger partial charge in [0.2, 0.25) is 15.9 Å². The molecule has 0 bridgehead atoms. The quantitative estimate of drug-likeness (QED) is 0.754. The van der Waals surface area contributed by atoms with Gasteiger partial charge in [0.15, 0.2) is 0 Å². The number of hydrogen-bond acceptors (Lipinski definition) is 3. The van der Waals surface area contributed by atoms with E-state index in [1.54, 1.807) is 0 Å². The molecule has 0 saturated heterocycles. The summed E-state index contributed by atoms with van der Waals surface area (Å²) in [6.45, 7) is 2.02. The number of carbonyl (C=O) groups is 1. The Bertz CT molecular complexity index is 805. The van der Waals surface area contributed by atoms with Crippen LogP contribution in [0.3, 0.4) is 0 Å². The molecule has 0 aromatic heterocycles. The van der Waals surface area contributed by atoms with Gasteiger partial charge in [-0.25, -0.2) is 17.5 Å². The van der Waals surface area contributed by atoms with E-state index in [2.05, 4.69) is 10.0 Å². The average molecular weight is 350 g/mol. The topological polar surface area (TPSA) is 75.3 Å². The van der Waals surface area contributed by atoms with Crippen molar-refractivity contribution in [1.82, 2.24) is 4.72 Å². The van der Waals surface area contributed by atoms with E-state index in [0.29, 0.717) is 6.42 Å². The molecule has 2 aromatic rings. The Hall–Kier alpha value is -2.25. The average Bonchev–Trinajstić information content (AvgIpc) is 2.54. The van der Waals surface area contributed by atoms with E-state index in [1.807, 2.05) is 31.2 Å². The van der Waals surface area contributed by atoms with Gasteiger partial charge in [-0.05, 0) is 49.2 Å². The van der Waals surface area contributed by atoms with Crippen molar-refractivity contribution in [3.63, 3.8) is 0 Å². The summed E-state index contributed by atoms with van der Waals surface area (Å²) in [5.41, 5.74) is 1.71. The summed E-state index contributed by atoms with van der Waals surface area (Å²) in [5.74, 6) is -0.674. The van der Waals surface area contributed by atoms with Crippen molar-refractivity contribution >= 4 is 21.6 Å². The number of halogens is 1. The molecule has 0 fully saturated rings. The molecule has 0 aliphatic carbocycles. The van der Waals surface area contributed by atoms with Crippen molar-refractivity contribution in [2.45, 2.75) is 24.7 Å². The van der Waals surface area contributed by atoms with E-state index >= 15 is 0 Å². The number of carbonyl (C=O) groups excluding carboxylic acids is 1. The summed E-state index contributed by atoms with van der Waals surface area (Å²) in [6, 6.07) is 12.0. The van der Waals surface area contributed by atoms with Gasteiger partial charge in [0.25, 0.3) is 0 Å². The molecule has 2 N–H and O–H groups in total. The standard InChI is InChI=1S/C17H19FN2O3S/c1-13-5-2-3-6-16(13)20-17(21)7-4-12-19-24(22,23)15-10-8-14(18)9-11-15/h2-3,5-6,8-11,19H,4,7,12H2,1H3,(H,20,21). The smallest absolute Gasteiger partial charge is 0.240 e. The van der Waals surface area contributed by atoms with Crippen molar-refractivity contribution in [2.75, 3.05) is 11.9 Å². The van der Waals surface area contributed by atoms with Crippen molar-refractivity contribution in [2.24, 2.45) is 0 Å². The van der Waals surface area contributed by atoms with Crippen LogP contribution in [0.4, 0.5) is 10.1 Å². The molecule has 0 spiro atoms. The maximum absolute atomic E-state index is 12.8. The number of anilines is 1. The maximum atomic E-state index is 12.8. The molecule has 0 atom stereocenters. The molecule has 0 radical (unpaired) electrons. The van der Waals surface area contributed by atoms with Gasteiger partial charge < -0.3 is 5.32 Å². The largest absolute Gasteiger partial charge is 0.326 e. The van der Waals surface area contributed by atoms with Gasteiger partial charge in [-0.15, -0.1) is 0 Å². The van der Waals surface area contributed by atoms with Gasteiger partial charge in [0.05, 0.1) is 4.90 Å². The molecule has 2 rings (SSSR count). The maximum Gasteiger partial charge on any atom is 0.240 e. The Morgan fingerprint density at radius 2 is 1.75 bits per heavy atom. The Labute approximate surface area is 141 Å². The lowest BCUT2D eigenvalue weighted by atomic mass is 10.2. The van der Waals surface area contributed by atoms with Crippen molar-refractivity contribution in [3.05, 3.63) is 59.9 Å². The molecule has 128 valence electrons. The third kappa shape index (κ3) is 5.14. The van der Waals surface area contributed by atoms with Gasteiger partial charge in [-0.2, -0.15) is 0 Å². The zero-order valence-corrected chi connectivity index (χ0v) is 14.1. The zero-order valence-electron chi connectivity index (χ0n) is 13.3. The number of amides is 1. The van der Waals surface area contributed by atoms with E-state index < -0.39 is 15.8 Å². The molecule has 1 amide bonds. The summed E-state index contributed by atoms with van der Waals surface area (Å²) in [6.07, 6.45) is 0.554. The van der Waals surface area contributed by atoms with Crippen LogP contribution in [-0.4, -0.2) is 20.9 Å². The normalized spacial score (nSPS) is 11.2. The van der Waals surface area contributed by atoms with Gasteiger partial charge >= 0.3 is 0 Å². The number of rotatable bonds is 7. The Morgan fingerprint density at radius 1 is 1.08 bits per heavy atom. The predicted molar refractivity (Wildman–Crippen MR) is 90.6 cm³/mol. The molecule has 0 heterocycles. The second kappa shape index (κ2) is 8.03. The van der Waals surface area contributed by atoms with Crippen LogP contribution in [-0.2, 0) is 14.8 Å². The van der Waals surface area contributed by atoms with Crippen LogP contribution in [0, 0.1) is 12.7 Å².